The molecule has 1 aromatic heterocycles. The molecule has 2 aromatic rings. The van der Waals surface area contributed by atoms with Crippen molar-refractivity contribution in [2.24, 2.45) is 0 Å². The van der Waals surface area contributed by atoms with E-state index in [0.717, 1.165) is 19.6 Å². The average molecular weight is 383 g/mol. The van der Waals surface area contributed by atoms with E-state index in [2.05, 4.69) is 77.3 Å². The largest absolute Gasteiger partial charge is 0.316 e. The third-order valence-electron chi connectivity index (χ3n) is 3.37. The quantitative estimate of drug-likeness (QED) is 0.585. The van der Waals surface area contributed by atoms with Crippen LogP contribution in [0.1, 0.15) is 37.3 Å². The Balaban J connectivity index is 1.92. The molecular formula is C16H22IN3. The van der Waals surface area contributed by atoms with Crippen LogP contribution in [0.5, 0.6) is 0 Å². The number of nitrogens with zero attached hydrogens (tertiary/aromatic N) is 2. The number of hydrogen-bond acceptors (Lipinski definition) is 2. The Morgan fingerprint density at radius 1 is 1.30 bits per heavy atom. The highest BCUT2D eigenvalue weighted by atomic mass is 127. The van der Waals surface area contributed by atoms with Gasteiger partial charge in [-0.15, -0.1) is 0 Å². The molecule has 0 amide bonds. The summed E-state index contributed by atoms with van der Waals surface area (Å²) in [4.78, 5) is 0. The molecule has 0 aliphatic carbocycles. The van der Waals surface area contributed by atoms with Crippen LogP contribution in [0, 0.1) is 3.57 Å². The number of halogens is 1. The van der Waals surface area contributed by atoms with Crippen molar-refractivity contribution in [2.75, 3.05) is 13.1 Å². The minimum atomic E-state index is 0.557. The van der Waals surface area contributed by atoms with Crippen molar-refractivity contribution in [3.8, 4) is 0 Å². The summed E-state index contributed by atoms with van der Waals surface area (Å²) in [5.74, 6) is 0.557. The summed E-state index contributed by atoms with van der Waals surface area (Å²) < 4.78 is 3.15. The summed E-state index contributed by atoms with van der Waals surface area (Å²) in [6.07, 6.45) is 5.14. The highest BCUT2D eigenvalue weighted by Crippen LogP contribution is 2.16. The van der Waals surface area contributed by atoms with Crippen LogP contribution in [0.3, 0.4) is 0 Å². The van der Waals surface area contributed by atoms with Gasteiger partial charge in [0, 0.05) is 12.7 Å². The van der Waals surface area contributed by atoms with Crippen LogP contribution in [0.25, 0.3) is 0 Å². The number of benzene rings is 1. The lowest BCUT2D eigenvalue weighted by atomic mass is 10.00. The summed E-state index contributed by atoms with van der Waals surface area (Å²) in [7, 11) is 0. The molecule has 108 valence electrons. The van der Waals surface area contributed by atoms with Gasteiger partial charge in [0.15, 0.2) is 0 Å². The summed E-state index contributed by atoms with van der Waals surface area (Å²) >= 11 is 2.28. The standard InChI is InChI=1S/C16H22IN3/c1-3-8-18-9-13(2)15-6-4-14(5-7-15)11-20-12-16(17)10-19-20/h4-7,10,12-13,18H,3,8-9,11H2,1-2H3. The Morgan fingerprint density at radius 2 is 2.05 bits per heavy atom. The molecular weight excluding hydrogens is 361 g/mol. The lowest BCUT2D eigenvalue weighted by Crippen LogP contribution is -2.20. The fourth-order valence-electron chi connectivity index (χ4n) is 2.18. The molecule has 2 rings (SSSR count). The molecule has 0 aliphatic heterocycles. The molecule has 0 aliphatic rings. The summed E-state index contributed by atoms with van der Waals surface area (Å²) in [6.45, 7) is 7.45. The van der Waals surface area contributed by atoms with E-state index in [1.165, 1.54) is 21.1 Å². The highest BCUT2D eigenvalue weighted by molar-refractivity contribution is 14.1. The zero-order chi connectivity index (χ0) is 14.4. The third kappa shape index (κ3) is 4.59. The second-order valence-electron chi connectivity index (χ2n) is 5.20. The first-order valence-corrected chi connectivity index (χ1v) is 8.24. The van der Waals surface area contributed by atoms with E-state index in [1.807, 2.05) is 10.9 Å². The molecule has 1 heterocycles. The maximum atomic E-state index is 4.32. The lowest BCUT2D eigenvalue weighted by molar-refractivity contribution is 0.609. The second kappa shape index (κ2) is 7.78. The lowest BCUT2D eigenvalue weighted by Gasteiger charge is -2.13. The van der Waals surface area contributed by atoms with E-state index < -0.39 is 0 Å². The smallest absolute Gasteiger partial charge is 0.0659 e. The SMILES string of the molecule is CCCNCC(C)c1ccc(Cn2cc(I)cn2)cc1. The maximum Gasteiger partial charge on any atom is 0.0659 e. The molecule has 0 saturated heterocycles. The molecule has 0 fully saturated rings. The Labute approximate surface area is 134 Å². The van der Waals surface area contributed by atoms with E-state index in [-0.39, 0.29) is 0 Å². The summed E-state index contributed by atoms with van der Waals surface area (Å²) in [5, 5.41) is 7.79. The van der Waals surface area contributed by atoms with Gasteiger partial charge in [-0.1, -0.05) is 38.1 Å². The molecule has 0 bridgehead atoms. The van der Waals surface area contributed by atoms with Gasteiger partial charge in [0.1, 0.15) is 0 Å². The minimum Gasteiger partial charge on any atom is -0.316 e. The number of aromatic nitrogens is 2. The summed E-state index contributed by atoms with van der Waals surface area (Å²) in [6, 6.07) is 8.89. The number of nitrogens with one attached hydrogen (secondary N) is 1. The molecule has 1 atom stereocenters. The van der Waals surface area contributed by atoms with Gasteiger partial charge >= 0.3 is 0 Å². The van der Waals surface area contributed by atoms with Gasteiger partial charge in [-0.25, -0.2) is 0 Å². The molecule has 0 spiro atoms. The predicted molar refractivity (Wildman–Crippen MR) is 92.1 cm³/mol. The van der Waals surface area contributed by atoms with Crippen LogP contribution >= 0.6 is 22.6 Å². The van der Waals surface area contributed by atoms with Crippen molar-refractivity contribution >= 4 is 22.6 Å². The molecule has 20 heavy (non-hydrogen) atoms. The first-order valence-electron chi connectivity index (χ1n) is 7.16. The van der Waals surface area contributed by atoms with Crippen LogP contribution in [0.4, 0.5) is 0 Å². The van der Waals surface area contributed by atoms with Gasteiger partial charge in [0.2, 0.25) is 0 Å². The van der Waals surface area contributed by atoms with Crippen LogP contribution in [0.2, 0.25) is 0 Å². The van der Waals surface area contributed by atoms with Crippen LogP contribution in [-0.2, 0) is 6.54 Å². The van der Waals surface area contributed by atoms with Gasteiger partial charge in [-0.05, 0) is 52.6 Å². The van der Waals surface area contributed by atoms with Crippen molar-refractivity contribution in [2.45, 2.75) is 32.7 Å². The Bertz CT molecular complexity index is 519. The van der Waals surface area contributed by atoms with E-state index in [9.17, 15) is 0 Å². The number of rotatable bonds is 7. The zero-order valence-corrected chi connectivity index (χ0v) is 14.3. The third-order valence-corrected chi connectivity index (χ3v) is 3.93. The normalized spacial score (nSPS) is 12.6. The molecule has 3 nitrogen and oxygen atoms in total. The monoisotopic (exact) mass is 383 g/mol. The predicted octanol–water partition coefficient (Wildman–Crippen LogP) is 3.64. The number of hydrogen-bond donors (Lipinski definition) is 1. The van der Waals surface area contributed by atoms with Gasteiger partial charge in [-0.2, -0.15) is 5.10 Å². The van der Waals surface area contributed by atoms with Crippen molar-refractivity contribution < 1.29 is 0 Å². The van der Waals surface area contributed by atoms with Crippen molar-refractivity contribution in [3.05, 3.63) is 51.4 Å². The van der Waals surface area contributed by atoms with Crippen LogP contribution in [0.15, 0.2) is 36.7 Å². The highest BCUT2D eigenvalue weighted by Gasteiger charge is 2.05. The van der Waals surface area contributed by atoms with Crippen molar-refractivity contribution in [3.63, 3.8) is 0 Å². The van der Waals surface area contributed by atoms with Crippen molar-refractivity contribution in [1.29, 1.82) is 0 Å². The molecule has 0 radical (unpaired) electrons. The maximum absolute atomic E-state index is 4.32. The average Bonchev–Trinajstić information content (AvgIpc) is 2.85. The Hall–Kier alpha value is -0.880. The second-order valence-corrected chi connectivity index (χ2v) is 6.45. The topological polar surface area (TPSA) is 29.9 Å². The molecule has 1 unspecified atom stereocenters. The fourth-order valence-corrected chi connectivity index (χ4v) is 2.62. The molecule has 1 N–H and O–H groups in total. The minimum absolute atomic E-state index is 0.557. The first-order chi connectivity index (χ1) is 9.69. The van der Waals surface area contributed by atoms with E-state index in [1.54, 1.807) is 0 Å². The Morgan fingerprint density at radius 3 is 2.65 bits per heavy atom. The summed E-state index contributed by atoms with van der Waals surface area (Å²) in [5.41, 5.74) is 2.69. The van der Waals surface area contributed by atoms with Gasteiger partial charge < -0.3 is 5.32 Å². The van der Waals surface area contributed by atoms with Crippen LogP contribution < -0.4 is 5.32 Å². The first kappa shape index (κ1) is 15.5. The van der Waals surface area contributed by atoms with Gasteiger partial charge in [0.25, 0.3) is 0 Å². The van der Waals surface area contributed by atoms with Gasteiger partial charge in [-0.3, -0.25) is 4.68 Å². The van der Waals surface area contributed by atoms with E-state index in [0.29, 0.717) is 5.92 Å². The van der Waals surface area contributed by atoms with E-state index >= 15 is 0 Å². The van der Waals surface area contributed by atoms with Crippen molar-refractivity contribution in [1.82, 2.24) is 15.1 Å². The van der Waals surface area contributed by atoms with Crippen LogP contribution in [-0.4, -0.2) is 22.9 Å². The van der Waals surface area contributed by atoms with E-state index in [4.69, 9.17) is 0 Å². The molecule has 1 aromatic carbocycles. The Kier molecular flexibility index (Phi) is 6.04. The molecule has 0 saturated carbocycles. The molecule has 4 heteroatoms. The van der Waals surface area contributed by atoms with Gasteiger partial charge in [0.05, 0.1) is 16.3 Å². The fraction of sp³-hybridized carbons (Fsp3) is 0.438. The zero-order valence-electron chi connectivity index (χ0n) is 12.1.